The van der Waals surface area contributed by atoms with Gasteiger partial charge in [0.05, 0.1) is 4.90 Å². The predicted octanol–water partition coefficient (Wildman–Crippen LogP) is 2.24. The lowest BCUT2D eigenvalue weighted by atomic mass is 9.90. The summed E-state index contributed by atoms with van der Waals surface area (Å²) in [6.45, 7) is 6.00. The van der Waals surface area contributed by atoms with E-state index < -0.39 is 15.8 Å². The summed E-state index contributed by atoms with van der Waals surface area (Å²) in [4.78, 5) is 11.3. The number of hydrogen-bond donors (Lipinski definition) is 2. The molecule has 0 atom stereocenters. The van der Waals surface area contributed by atoms with Crippen LogP contribution < -0.4 is 10.5 Å². The first-order valence-electron chi connectivity index (χ1n) is 6.11. The summed E-state index contributed by atoms with van der Waals surface area (Å²) >= 11 is 0. The minimum Gasteiger partial charge on any atom is -0.326 e. The molecule has 0 saturated heterocycles. The molecular formula is C13H19FN2O3S. The lowest BCUT2D eigenvalue weighted by molar-refractivity contribution is -0.116. The third kappa shape index (κ3) is 5.66. The molecule has 0 aromatic heterocycles. The average Bonchev–Trinajstić information content (AvgIpc) is 2.23. The fraction of sp³-hybridized carbons (Fsp3) is 0.462. The number of halogens is 1. The van der Waals surface area contributed by atoms with Crippen molar-refractivity contribution in [2.75, 3.05) is 5.32 Å². The number of primary sulfonamides is 1. The van der Waals surface area contributed by atoms with E-state index in [-0.39, 0.29) is 28.3 Å². The van der Waals surface area contributed by atoms with Crippen molar-refractivity contribution in [3.63, 3.8) is 0 Å². The first kappa shape index (κ1) is 16.6. The Balaban J connectivity index is 2.83. The second-order valence-electron chi connectivity index (χ2n) is 5.83. The number of sulfonamides is 1. The highest BCUT2D eigenvalue weighted by Crippen LogP contribution is 2.22. The van der Waals surface area contributed by atoms with Crippen LogP contribution in [0.4, 0.5) is 10.1 Å². The molecule has 5 nitrogen and oxygen atoms in total. The largest absolute Gasteiger partial charge is 0.326 e. The quantitative estimate of drug-likeness (QED) is 0.893. The number of amides is 1. The molecule has 0 spiro atoms. The zero-order valence-electron chi connectivity index (χ0n) is 11.7. The second kappa shape index (κ2) is 5.88. The standard InChI is InChI=1S/C13H19FN2O3S/c1-13(2,3)5-4-12(17)16-10-6-9(14)7-11(8-10)20(15,18)19/h6-8H,4-5H2,1-3H3,(H,16,17)(H2,15,18,19). The molecule has 1 aromatic rings. The number of carbonyl (C=O) groups excluding carboxylic acids is 1. The third-order valence-electron chi connectivity index (χ3n) is 2.59. The van der Waals surface area contributed by atoms with Crippen molar-refractivity contribution in [2.45, 2.75) is 38.5 Å². The minimum atomic E-state index is -4.01. The van der Waals surface area contributed by atoms with Crippen LogP contribution >= 0.6 is 0 Å². The van der Waals surface area contributed by atoms with E-state index in [2.05, 4.69) is 5.32 Å². The topological polar surface area (TPSA) is 89.3 Å². The highest BCUT2D eigenvalue weighted by Gasteiger charge is 2.15. The van der Waals surface area contributed by atoms with Gasteiger partial charge < -0.3 is 5.32 Å². The molecule has 3 N–H and O–H groups in total. The molecular weight excluding hydrogens is 283 g/mol. The van der Waals surface area contributed by atoms with Crippen molar-refractivity contribution >= 4 is 21.6 Å². The number of nitrogens with two attached hydrogens (primary N) is 1. The van der Waals surface area contributed by atoms with Crippen LogP contribution in [0.5, 0.6) is 0 Å². The Hall–Kier alpha value is -1.47. The normalized spacial score (nSPS) is 12.2. The van der Waals surface area contributed by atoms with Gasteiger partial charge in [-0.15, -0.1) is 0 Å². The number of rotatable bonds is 4. The molecule has 112 valence electrons. The Labute approximate surface area is 118 Å². The smallest absolute Gasteiger partial charge is 0.238 e. The molecule has 1 amide bonds. The molecule has 0 heterocycles. The van der Waals surface area contributed by atoms with Crippen molar-refractivity contribution in [3.8, 4) is 0 Å². The molecule has 7 heteroatoms. The summed E-state index contributed by atoms with van der Waals surface area (Å²) in [5.74, 6) is -1.08. The second-order valence-corrected chi connectivity index (χ2v) is 7.39. The minimum absolute atomic E-state index is 0.00500. The van der Waals surface area contributed by atoms with Gasteiger partial charge in [-0.05, 0) is 30.0 Å². The van der Waals surface area contributed by atoms with Crippen LogP contribution in [-0.4, -0.2) is 14.3 Å². The van der Waals surface area contributed by atoms with Crippen LogP contribution in [0.2, 0.25) is 0 Å². The van der Waals surface area contributed by atoms with Crippen LogP contribution in [0.3, 0.4) is 0 Å². The van der Waals surface area contributed by atoms with E-state index in [4.69, 9.17) is 5.14 Å². The first-order valence-corrected chi connectivity index (χ1v) is 7.65. The molecule has 0 fully saturated rings. The zero-order valence-corrected chi connectivity index (χ0v) is 12.6. The van der Waals surface area contributed by atoms with Crippen molar-refractivity contribution in [3.05, 3.63) is 24.0 Å². The van der Waals surface area contributed by atoms with Crippen molar-refractivity contribution in [1.82, 2.24) is 0 Å². The van der Waals surface area contributed by atoms with Gasteiger partial charge in [0.25, 0.3) is 0 Å². The number of nitrogens with one attached hydrogen (secondary N) is 1. The highest BCUT2D eigenvalue weighted by molar-refractivity contribution is 7.89. The average molecular weight is 302 g/mol. The molecule has 0 saturated carbocycles. The molecule has 1 rings (SSSR count). The van der Waals surface area contributed by atoms with Gasteiger partial charge in [-0.1, -0.05) is 20.8 Å². The van der Waals surface area contributed by atoms with E-state index in [1.54, 1.807) is 0 Å². The van der Waals surface area contributed by atoms with Gasteiger partial charge in [-0.25, -0.2) is 17.9 Å². The third-order valence-corrected chi connectivity index (χ3v) is 3.48. The van der Waals surface area contributed by atoms with E-state index in [9.17, 15) is 17.6 Å². The van der Waals surface area contributed by atoms with Crippen LogP contribution in [0.25, 0.3) is 0 Å². The SMILES string of the molecule is CC(C)(C)CCC(=O)Nc1cc(F)cc(S(N)(=O)=O)c1. The summed E-state index contributed by atoms with van der Waals surface area (Å²) in [6, 6.07) is 2.98. The zero-order chi connectivity index (χ0) is 15.6. The van der Waals surface area contributed by atoms with Crippen LogP contribution in [0.15, 0.2) is 23.1 Å². The van der Waals surface area contributed by atoms with E-state index >= 15 is 0 Å². The Bertz CT molecular complexity index is 607. The van der Waals surface area contributed by atoms with Gasteiger partial charge in [-0.2, -0.15) is 0 Å². The molecule has 0 bridgehead atoms. The Morgan fingerprint density at radius 3 is 2.40 bits per heavy atom. The van der Waals surface area contributed by atoms with Crippen LogP contribution in [0.1, 0.15) is 33.6 Å². The summed E-state index contributed by atoms with van der Waals surface area (Å²) in [6.07, 6.45) is 0.931. The molecule has 0 aliphatic rings. The number of benzene rings is 1. The Morgan fingerprint density at radius 2 is 1.90 bits per heavy atom. The molecule has 1 aromatic carbocycles. The van der Waals surface area contributed by atoms with Crippen molar-refractivity contribution < 1.29 is 17.6 Å². The summed E-state index contributed by atoms with van der Waals surface area (Å²) in [5, 5.41) is 7.40. The Morgan fingerprint density at radius 1 is 1.30 bits per heavy atom. The fourth-order valence-electron chi connectivity index (χ4n) is 1.51. The maximum Gasteiger partial charge on any atom is 0.238 e. The first-order chi connectivity index (χ1) is 8.97. The maximum absolute atomic E-state index is 13.3. The number of anilines is 1. The summed E-state index contributed by atoms with van der Waals surface area (Å²) in [7, 11) is -4.01. The lowest BCUT2D eigenvalue weighted by Gasteiger charge is -2.17. The van der Waals surface area contributed by atoms with Crippen LogP contribution in [0, 0.1) is 11.2 Å². The van der Waals surface area contributed by atoms with Crippen molar-refractivity contribution in [1.29, 1.82) is 0 Å². The van der Waals surface area contributed by atoms with E-state index in [1.165, 1.54) is 0 Å². The maximum atomic E-state index is 13.3. The summed E-state index contributed by atoms with van der Waals surface area (Å²) < 4.78 is 35.7. The van der Waals surface area contributed by atoms with Gasteiger partial charge in [-0.3, -0.25) is 4.79 Å². The van der Waals surface area contributed by atoms with Gasteiger partial charge in [0.15, 0.2) is 0 Å². The summed E-state index contributed by atoms with van der Waals surface area (Å²) in [5.41, 5.74) is 0.0818. The predicted molar refractivity (Wildman–Crippen MR) is 75.1 cm³/mol. The molecule has 0 radical (unpaired) electrons. The van der Waals surface area contributed by atoms with Gasteiger partial charge in [0, 0.05) is 12.1 Å². The highest BCUT2D eigenvalue weighted by atomic mass is 32.2. The van der Waals surface area contributed by atoms with Gasteiger partial charge in [0.2, 0.25) is 15.9 Å². The monoisotopic (exact) mass is 302 g/mol. The molecule has 0 unspecified atom stereocenters. The van der Waals surface area contributed by atoms with E-state index in [0.29, 0.717) is 6.42 Å². The molecule has 0 aliphatic carbocycles. The Kier molecular flexibility index (Phi) is 4.88. The van der Waals surface area contributed by atoms with E-state index in [0.717, 1.165) is 18.2 Å². The van der Waals surface area contributed by atoms with Gasteiger partial charge in [0.1, 0.15) is 5.82 Å². The molecule has 0 aliphatic heterocycles. The van der Waals surface area contributed by atoms with Gasteiger partial charge >= 0.3 is 0 Å². The molecule has 20 heavy (non-hydrogen) atoms. The van der Waals surface area contributed by atoms with E-state index in [1.807, 2.05) is 20.8 Å². The van der Waals surface area contributed by atoms with Crippen LogP contribution in [-0.2, 0) is 14.8 Å². The fourth-order valence-corrected chi connectivity index (χ4v) is 2.08. The van der Waals surface area contributed by atoms with Crippen molar-refractivity contribution in [2.24, 2.45) is 10.6 Å². The number of hydrogen-bond acceptors (Lipinski definition) is 3. The lowest BCUT2D eigenvalue weighted by Crippen LogP contribution is -2.17. The number of carbonyl (C=O) groups is 1.